The molecule has 0 amide bonds. The van der Waals surface area contributed by atoms with Gasteiger partial charge < -0.3 is 0 Å². The van der Waals surface area contributed by atoms with Crippen LogP contribution in [-0.4, -0.2) is 32.4 Å². The molecule has 1 spiro atoms. The van der Waals surface area contributed by atoms with E-state index < -0.39 is 10.2 Å². The van der Waals surface area contributed by atoms with Gasteiger partial charge in [-0.2, -0.15) is 12.7 Å². The number of nitrogens with zero attached hydrogens (tertiary/aromatic N) is 2. The molecule has 4 rings (SSSR count). The van der Waals surface area contributed by atoms with E-state index in [1.54, 1.807) is 8.61 Å². The quantitative estimate of drug-likeness (QED) is 0.839. The lowest BCUT2D eigenvalue weighted by Crippen LogP contribution is -2.46. The first-order chi connectivity index (χ1) is 9.63. The third-order valence-electron chi connectivity index (χ3n) is 4.96. The van der Waals surface area contributed by atoms with Gasteiger partial charge in [-0.25, -0.2) is 0 Å². The maximum Gasteiger partial charge on any atom is 0.304 e. The predicted octanol–water partition coefficient (Wildman–Crippen LogP) is 2.27. The monoisotopic (exact) mass is 292 g/mol. The van der Waals surface area contributed by atoms with Crippen LogP contribution in [-0.2, 0) is 15.6 Å². The van der Waals surface area contributed by atoms with Crippen LogP contribution in [0.5, 0.6) is 0 Å². The van der Waals surface area contributed by atoms with E-state index in [0.717, 1.165) is 37.8 Å². The van der Waals surface area contributed by atoms with Gasteiger partial charge in [0.1, 0.15) is 0 Å². The number of fused-ring (bicyclic) bond motifs is 2. The average Bonchev–Trinajstić information content (AvgIpc) is 3.18. The Balaban J connectivity index is 1.73. The van der Waals surface area contributed by atoms with Gasteiger partial charge in [0.25, 0.3) is 0 Å². The van der Waals surface area contributed by atoms with Crippen LogP contribution in [0.3, 0.4) is 0 Å². The van der Waals surface area contributed by atoms with Crippen molar-refractivity contribution in [3.05, 3.63) is 29.8 Å². The Labute approximate surface area is 120 Å². The minimum Gasteiger partial charge on any atom is -0.256 e. The molecule has 5 heteroatoms. The van der Waals surface area contributed by atoms with Crippen LogP contribution in [0, 0.1) is 0 Å². The molecule has 2 heterocycles. The summed E-state index contributed by atoms with van der Waals surface area (Å²) in [5.74, 6) is 0. The Morgan fingerprint density at radius 2 is 1.70 bits per heavy atom. The van der Waals surface area contributed by atoms with E-state index in [1.165, 1.54) is 5.56 Å². The second-order valence-electron chi connectivity index (χ2n) is 6.27. The third-order valence-corrected chi connectivity index (χ3v) is 6.86. The number of para-hydroxylation sites is 1. The highest BCUT2D eigenvalue weighted by Gasteiger charge is 2.54. The van der Waals surface area contributed by atoms with Crippen LogP contribution < -0.4 is 4.31 Å². The molecule has 20 heavy (non-hydrogen) atoms. The molecular weight excluding hydrogens is 272 g/mol. The molecular formula is C15H20N2O2S. The maximum absolute atomic E-state index is 12.9. The van der Waals surface area contributed by atoms with Gasteiger partial charge in [-0.15, -0.1) is 0 Å². The lowest BCUT2D eigenvalue weighted by atomic mass is 9.99. The highest BCUT2D eigenvalue weighted by molar-refractivity contribution is 7.90. The lowest BCUT2D eigenvalue weighted by Gasteiger charge is -2.31. The van der Waals surface area contributed by atoms with Crippen molar-refractivity contribution < 1.29 is 8.42 Å². The molecule has 4 nitrogen and oxygen atoms in total. The average molecular weight is 292 g/mol. The normalized spacial score (nSPS) is 24.9. The predicted molar refractivity (Wildman–Crippen MR) is 79.0 cm³/mol. The van der Waals surface area contributed by atoms with Crippen molar-refractivity contribution >= 4 is 15.9 Å². The Morgan fingerprint density at radius 3 is 2.40 bits per heavy atom. The van der Waals surface area contributed by atoms with Crippen molar-refractivity contribution in [2.45, 2.75) is 37.5 Å². The topological polar surface area (TPSA) is 40.6 Å². The Hall–Kier alpha value is -1.07. The van der Waals surface area contributed by atoms with Crippen LogP contribution in [0.1, 0.15) is 37.7 Å². The summed E-state index contributed by atoms with van der Waals surface area (Å²) in [5.41, 5.74) is 2.27. The summed E-state index contributed by atoms with van der Waals surface area (Å²) < 4.78 is 29.2. The fraction of sp³-hybridized carbons (Fsp3) is 0.600. The molecule has 0 aromatic heterocycles. The van der Waals surface area contributed by atoms with Gasteiger partial charge in [-0.05, 0) is 37.3 Å². The molecule has 2 aliphatic heterocycles. The molecule has 108 valence electrons. The molecule has 2 fully saturated rings. The SMILES string of the molecule is O=S(=O)(N1CCCCC1)N1CC2(CC2)c2ccccc21. The number of rotatable bonds is 2. The van der Waals surface area contributed by atoms with E-state index in [9.17, 15) is 8.42 Å². The number of piperidine rings is 1. The van der Waals surface area contributed by atoms with Crippen molar-refractivity contribution in [2.75, 3.05) is 23.9 Å². The van der Waals surface area contributed by atoms with Crippen LogP contribution in [0.25, 0.3) is 0 Å². The summed E-state index contributed by atoms with van der Waals surface area (Å²) in [6.45, 7) is 1.99. The Bertz CT molecular complexity index is 631. The van der Waals surface area contributed by atoms with Crippen LogP contribution >= 0.6 is 0 Å². The summed E-state index contributed by atoms with van der Waals surface area (Å²) in [6.07, 6.45) is 5.36. The van der Waals surface area contributed by atoms with Crippen molar-refractivity contribution in [1.82, 2.24) is 4.31 Å². The molecule has 1 saturated carbocycles. The van der Waals surface area contributed by atoms with Crippen molar-refractivity contribution in [3.63, 3.8) is 0 Å². The van der Waals surface area contributed by atoms with E-state index in [-0.39, 0.29) is 5.41 Å². The zero-order valence-corrected chi connectivity index (χ0v) is 12.4. The molecule has 1 aromatic carbocycles. The van der Waals surface area contributed by atoms with E-state index in [0.29, 0.717) is 19.6 Å². The molecule has 1 aliphatic carbocycles. The molecule has 0 atom stereocenters. The first kappa shape index (κ1) is 12.7. The van der Waals surface area contributed by atoms with E-state index in [1.807, 2.05) is 18.2 Å². The van der Waals surface area contributed by atoms with Crippen LogP contribution in [0.2, 0.25) is 0 Å². The first-order valence-corrected chi connectivity index (χ1v) is 8.91. The molecule has 0 unspecified atom stereocenters. The van der Waals surface area contributed by atoms with Gasteiger partial charge in [-0.1, -0.05) is 24.6 Å². The fourth-order valence-electron chi connectivity index (χ4n) is 3.60. The Morgan fingerprint density at radius 1 is 1.00 bits per heavy atom. The van der Waals surface area contributed by atoms with Gasteiger partial charge in [0.15, 0.2) is 0 Å². The second kappa shape index (κ2) is 4.21. The minimum absolute atomic E-state index is 0.124. The second-order valence-corrected chi connectivity index (χ2v) is 8.12. The van der Waals surface area contributed by atoms with Gasteiger partial charge >= 0.3 is 10.2 Å². The zero-order chi connectivity index (χ0) is 13.8. The summed E-state index contributed by atoms with van der Waals surface area (Å²) >= 11 is 0. The first-order valence-electron chi connectivity index (χ1n) is 7.51. The third kappa shape index (κ3) is 1.72. The number of benzene rings is 1. The molecule has 0 bridgehead atoms. The van der Waals surface area contributed by atoms with Crippen molar-refractivity contribution in [1.29, 1.82) is 0 Å². The standard InChI is InChI=1S/C15H20N2O2S/c18-20(19,16-10-4-1-5-11-16)17-12-15(8-9-15)13-6-2-3-7-14(13)17/h2-3,6-7H,1,4-5,8-12H2. The van der Waals surface area contributed by atoms with E-state index in [2.05, 4.69) is 6.07 Å². The molecule has 1 saturated heterocycles. The number of anilines is 1. The highest BCUT2D eigenvalue weighted by Crippen LogP contribution is 2.57. The lowest BCUT2D eigenvalue weighted by molar-refractivity contribution is 0.345. The van der Waals surface area contributed by atoms with E-state index >= 15 is 0 Å². The Kier molecular flexibility index (Phi) is 2.67. The molecule has 3 aliphatic rings. The molecule has 0 N–H and O–H groups in total. The molecule has 0 radical (unpaired) electrons. The summed E-state index contributed by atoms with van der Waals surface area (Å²) in [7, 11) is -3.34. The van der Waals surface area contributed by atoms with Crippen LogP contribution in [0.4, 0.5) is 5.69 Å². The van der Waals surface area contributed by atoms with Gasteiger partial charge in [0, 0.05) is 25.0 Å². The minimum atomic E-state index is -3.34. The number of hydrogen-bond donors (Lipinski definition) is 0. The van der Waals surface area contributed by atoms with Crippen molar-refractivity contribution in [3.8, 4) is 0 Å². The smallest absolute Gasteiger partial charge is 0.256 e. The number of hydrogen-bond acceptors (Lipinski definition) is 2. The summed E-state index contributed by atoms with van der Waals surface area (Å²) in [4.78, 5) is 0. The fourth-order valence-corrected chi connectivity index (χ4v) is 5.42. The summed E-state index contributed by atoms with van der Waals surface area (Å²) in [6, 6.07) is 8.03. The zero-order valence-electron chi connectivity index (χ0n) is 11.6. The van der Waals surface area contributed by atoms with E-state index in [4.69, 9.17) is 0 Å². The van der Waals surface area contributed by atoms with Crippen LogP contribution in [0.15, 0.2) is 24.3 Å². The van der Waals surface area contributed by atoms with Gasteiger partial charge in [0.05, 0.1) is 5.69 Å². The molecule has 1 aromatic rings. The highest BCUT2D eigenvalue weighted by atomic mass is 32.2. The largest absolute Gasteiger partial charge is 0.304 e. The van der Waals surface area contributed by atoms with Gasteiger partial charge in [0.2, 0.25) is 0 Å². The van der Waals surface area contributed by atoms with Gasteiger partial charge in [-0.3, -0.25) is 4.31 Å². The summed E-state index contributed by atoms with van der Waals surface area (Å²) in [5, 5.41) is 0. The van der Waals surface area contributed by atoms with Crippen molar-refractivity contribution in [2.24, 2.45) is 0 Å². The maximum atomic E-state index is 12.9.